The van der Waals surface area contributed by atoms with Crippen molar-refractivity contribution >= 4 is 33.2 Å². The third kappa shape index (κ3) is 2.97. The molecule has 24 heavy (non-hydrogen) atoms. The summed E-state index contributed by atoms with van der Waals surface area (Å²) in [5.41, 5.74) is 3.49. The van der Waals surface area contributed by atoms with Crippen LogP contribution in [0, 0.1) is 5.92 Å². The second-order valence-electron chi connectivity index (χ2n) is 7.17. The van der Waals surface area contributed by atoms with Gasteiger partial charge in [-0.1, -0.05) is 13.0 Å². The number of aromatic nitrogens is 1. The largest absolute Gasteiger partial charge is 0.346 e. The van der Waals surface area contributed by atoms with Crippen molar-refractivity contribution in [1.82, 2.24) is 9.88 Å². The first-order valence-electron chi connectivity index (χ1n) is 8.78. The first-order valence-corrected chi connectivity index (χ1v) is 9.60. The first-order chi connectivity index (χ1) is 11.6. The fraction of sp³-hybridized carbons (Fsp3) is 0.526. The van der Waals surface area contributed by atoms with Crippen molar-refractivity contribution in [2.75, 3.05) is 20.1 Å². The van der Waals surface area contributed by atoms with E-state index >= 15 is 0 Å². The highest BCUT2D eigenvalue weighted by molar-refractivity contribution is 7.18. The highest BCUT2D eigenvalue weighted by atomic mass is 32.1. The van der Waals surface area contributed by atoms with Gasteiger partial charge in [-0.3, -0.25) is 9.79 Å². The Balaban J connectivity index is 1.61. The van der Waals surface area contributed by atoms with Crippen LogP contribution in [0.15, 0.2) is 23.2 Å². The van der Waals surface area contributed by atoms with Gasteiger partial charge in [0, 0.05) is 38.2 Å². The Morgan fingerprint density at radius 3 is 2.92 bits per heavy atom. The molecule has 2 aliphatic heterocycles. The van der Waals surface area contributed by atoms with Crippen LogP contribution in [0.3, 0.4) is 0 Å². The van der Waals surface area contributed by atoms with E-state index in [1.807, 2.05) is 11.9 Å². The van der Waals surface area contributed by atoms with Gasteiger partial charge in [-0.25, -0.2) is 4.98 Å². The predicted molar refractivity (Wildman–Crippen MR) is 99.0 cm³/mol. The van der Waals surface area contributed by atoms with Gasteiger partial charge in [0.05, 0.1) is 15.2 Å². The molecule has 2 unspecified atom stereocenters. The van der Waals surface area contributed by atoms with E-state index in [9.17, 15) is 4.79 Å². The molecule has 0 spiro atoms. The molecule has 126 valence electrons. The summed E-state index contributed by atoms with van der Waals surface area (Å²) in [6.07, 6.45) is 3.89. The van der Waals surface area contributed by atoms with E-state index in [0.717, 1.165) is 36.5 Å². The van der Waals surface area contributed by atoms with Crippen LogP contribution in [0.2, 0.25) is 0 Å². The van der Waals surface area contributed by atoms with Crippen molar-refractivity contribution in [1.29, 1.82) is 0 Å². The van der Waals surface area contributed by atoms with E-state index in [1.165, 1.54) is 22.4 Å². The van der Waals surface area contributed by atoms with Gasteiger partial charge in [0.1, 0.15) is 0 Å². The van der Waals surface area contributed by atoms with Gasteiger partial charge in [-0.2, -0.15) is 0 Å². The van der Waals surface area contributed by atoms with Crippen LogP contribution >= 0.6 is 11.3 Å². The van der Waals surface area contributed by atoms with E-state index in [-0.39, 0.29) is 11.8 Å². The summed E-state index contributed by atoms with van der Waals surface area (Å²) in [4.78, 5) is 23.4. The summed E-state index contributed by atoms with van der Waals surface area (Å²) in [6, 6.07) is 6.53. The molecule has 1 amide bonds. The summed E-state index contributed by atoms with van der Waals surface area (Å²) >= 11 is 1.74. The third-order valence-corrected chi connectivity index (χ3v) is 6.41. The van der Waals surface area contributed by atoms with Crippen LogP contribution in [0.5, 0.6) is 0 Å². The molecule has 4 nitrogen and oxygen atoms in total. The summed E-state index contributed by atoms with van der Waals surface area (Å²) in [5.74, 6) is 1.21. The quantitative estimate of drug-likeness (QED) is 0.833. The van der Waals surface area contributed by atoms with E-state index in [2.05, 4.69) is 25.1 Å². The maximum absolute atomic E-state index is 12.0. The van der Waals surface area contributed by atoms with Gasteiger partial charge in [0.25, 0.3) is 0 Å². The predicted octanol–water partition coefficient (Wildman–Crippen LogP) is 3.85. The summed E-state index contributed by atoms with van der Waals surface area (Å²) < 4.78 is 1.21. The van der Waals surface area contributed by atoms with E-state index in [0.29, 0.717) is 12.3 Å². The Hall–Kier alpha value is -1.75. The highest BCUT2D eigenvalue weighted by Gasteiger charge is 2.27. The molecule has 2 aliphatic rings. The van der Waals surface area contributed by atoms with Crippen molar-refractivity contribution in [2.45, 2.75) is 38.5 Å². The lowest BCUT2D eigenvalue weighted by molar-refractivity contribution is -0.132. The molecule has 3 heterocycles. The minimum absolute atomic E-state index is 0.233. The molecule has 0 radical (unpaired) electrons. The lowest BCUT2D eigenvalue weighted by Gasteiger charge is -2.27. The van der Waals surface area contributed by atoms with Crippen molar-refractivity contribution in [3.8, 4) is 0 Å². The van der Waals surface area contributed by atoms with Gasteiger partial charge >= 0.3 is 0 Å². The topological polar surface area (TPSA) is 45.6 Å². The van der Waals surface area contributed by atoms with E-state index < -0.39 is 0 Å². The Morgan fingerprint density at radius 2 is 2.17 bits per heavy atom. The fourth-order valence-corrected chi connectivity index (χ4v) is 4.59. The van der Waals surface area contributed by atoms with Gasteiger partial charge in [0.15, 0.2) is 0 Å². The van der Waals surface area contributed by atoms with Crippen LogP contribution in [-0.2, 0) is 4.79 Å². The average molecular weight is 341 g/mol. The number of carbonyl (C=O) groups excluding carboxylic acids is 1. The van der Waals surface area contributed by atoms with Gasteiger partial charge in [-0.05, 0) is 42.9 Å². The number of piperidine rings is 1. The number of benzene rings is 1. The summed E-state index contributed by atoms with van der Waals surface area (Å²) in [6.45, 7) is 4.03. The van der Waals surface area contributed by atoms with Crippen LogP contribution in [0.1, 0.15) is 49.1 Å². The highest BCUT2D eigenvalue weighted by Crippen LogP contribution is 2.34. The van der Waals surface area contributed by atoms with Crippen LogP contribution < -0.4 is 0 Å². The molecule has 0 saturated carbocycles. The monoisotopic (exact) mass is 341 g/mol. The summed E-state index contributed by atoms with van der Waals surface area (Å²) in [5, 5.41) is 1.11. The Labute approximate surface area is 146 Å². The van der Waals surface area contributed by atoms with Crippen molar-refractivity contribution < 1.29 is 4.79 Å². The van der Waals surface area contributed by atoms with Gasteiger partial charge in [0.2, 0.25) is 5.91 Å². The number of fused-ring (bicyclic) bond motifs is 1. The van der Waals surface area contributed by atoms with Crippen LogP contribution in [0.25, 0.3) is 10.2 Å². The van der Waals surface area contributed by atoms with Crippen molar-refractivity contribution in [2.24, 2.45) is 10.9 Å². The van der Waals surface area contributed by atoms with E-state index in [4.69, 9.17) is 9.98 Å². The molecule has 4 rings (SSSR count). The number of carbonyl (C=O) groups is 1. The maximum atomic E-state index is 12.0. The standard InChI is InChI=1S/C19H23N3OS/c1-12-3-5-15(20-11-12)13-4-6-17-16(9-13)21-19(24-17)14-7-8-22(2)18(23)10-14/h4,6,9,12,14H,3,5,7-8,10-11H2,1-2H3. The fourth-order valence-electron chi connectivity index (χ4n) is 3.51. The molecule has 1 aromatic carbocycles. The zero-order valence-corrected chi connectivity index (χ0v) is 15.1. The minimum atomic E-state index is 0.233. The zero-order valence-electron chi connectivity index (χ0n) is 14.3. The molecule has 0 N–H and O–H groups in total. The lowest BCUT2D eigenvalue weighted by Crippen LogP contribution is -2.34. The third-order valence-electron chi connectivity index (χ3n) is 5.21. The molecule has 0 aliphatic carbocycles. The van der Waals surface area contributed by atoms with Crippen molar-refractivity contribution in [3.63, 3.8) is 0 Å². The van der Waals surface area contributed by atoms with E-state index in [1.54, 1.807) is 11.3 Å². The molecule has 1 saturated heterocycles. The molecule has 1 aromatic heterocycles. The van der Waals surface area contributed by atoms with Crippen LogP contribution in [-0.4, -0.2) is 41.6 Å². The second kappa shape index (κ2) is 6.28. The van der Waals surface area contributed by atoms with Gasteiger partial charge < -0.3 is 4.90 Å². The minimum Gasteiger partial charge on any atom is -0.346 e. The number of amides is 1. The second-order valence-corrected chi connectivity index (χ2v) is 8.23. The molecule has 1 fully saturated rings. The molecule has 2 aromatic rings. The Morgan fingerprint density at radius 1 is 1.29 bits per heavy atom. The number of likely N-dealkylation sites (tertiary alicyclic amines) is 1. The number of rotatable bonds is 2. The molecule has 2 atom stereocenters. The number of aliphatic imine (C=N–C) groups is 1. The Bertz CT molecular complexity index is 810. The lowest BCUT2D eigenvalue weighted by atomic mass is 9.96. The number of hydrogen-bond acceptors (Lipinski definition) is 4. The van der Waals surface area contributed by atoms with Gasteiger partial charge in [-0.15, -0.1) is 11.3 Å². The van der Waals surface area contributed by atoms with Crippen LogP contribution in [0.4, 0.5) is 0 Å². The SMILES string of the molecule is CC1CCC(c2ccc3sc(C4CCN(C)C(=O)C4)nc3c2)=NC1. The first kappa shape index (κ1) is 15.8. The normalized spacial score (nSPS) is 25.2. The number of hydrogen-bond donors (Lipinski definition) is 0. The molecule has 5 heteroatoms. The zero-order chi connectivity index (χ0) is 16.7. The smallest absolute Gasteiger partial charge is 0.223 e. The average Bonchev–Trinajstić information content (AvgIpc) is 3.01. The molecule has 0 bridgehead atoms. The maximum Gasteiger partial charge on any atom is 0.223 e. The number of nitrogens with zero attached hydrogens (tertiary/aromatic N) is 3. The number of thiazole rings is 1. The molecular formula is C19H23N3OS. The molecular weight excluding hydrogens is 318 g/mol. The Kier molecular flexibility index (Phi) is 4.12. The summed E-state index contributed by atoms with van der Waals surface area (Å²) in [7, 11) is 1.88. The van der Waals surface area contributed by atoms with Crippen molar-refractivity contribution in [3.05, 3.63) is 28.8 Å².